The van der Waals surface area contributed by atoms with Crippen molar-refractivity contribution in [3.05, 3.63) is 66.9 Å². The van der Waals surface area contributed by atoms with Crippen molar-refractivity contribution in [2.24, 2.45) is 5.92 Å². The van der Waals surface area contributed by atoms with Crippen molar-refractivity contribution < 1.29 is 14.3 Å². The minimum atomic E-state index is -1.15. The van der Waals surface area contributed by atoms with E-state index in [0.717, 1.165) is 40.5 Å². The maximum absolute atomic E-state index is 12.8. The first kappa shape index (κ1) is 28.5. The molecule has 1 aliphatic heterocycles. The molecule has 3 atom stereocenters. The molecule has 3 aromatic heterocycles. The Hall–Kier alpha value is -4.01. The minimum Gasteiger partial charge on any atom is -0.445 e. The van der Waals surface area contributed by atoms with Crippen LogP contribution in [0.15, 0.2) is 61.3 Å². The van der Waals surface area contributed by atoms with Gasteiger partial charge in [0.15, 0.2) is 0 Å². The molecule has 4 heterocycles. The van der Waals surface area contributed by atoms with Crippen LogP contribution in [0.5, 0.6) is 0 Å². The molecule has 0 saturated carbocycles. The fourth-order valence-corrected chi connectivity index (χ4v) is 6.01. The summed E-state index contributed by atoms with van der Waals surface area (Å²) < 4.78 is 15.3. The summed E-state index contributed by atoms with van der Waals surface area (Å²) in [5, 5.41) is 15.6. The van der Waals surface area contributed by atoms with Gasteiger partial charge in [0, 0.05) is 50.5 Å². The average Bonchev–Trinajstić information content (AvgIpc) is 3.72. The van der Waals surface area contributed by atoms with E-state index in [1.165, 1.54) is 4.90 Å². The van der Waals surface area contributed by atoms with E-state index in [0.29, 0.717) is 19.7 Å². The molecule has 0 radical (unpaired) electrons. The smallest absolute Gasteiger partial charge is 0.411 e. The topological polar surface area (TPSA) is 111 Å². The van der Waals surface area contributed by atoms with Gasteiger partial charge in [0.05, 0.1) is 24.0 Å². The summed E-state index contributed by atoms with van der Waals surface area (Å²) >= 11 is 0. The van der Waals surface area contributed by atoms with Gasteiger partial charge in [0.1, 0.15) is 31.4 Å². The number of carbonyl (C=O) groups is 1. The maximum Gasteiger partial charge on any atom is 0.411 e. The summed E-state index contributed by atoms with van der Waals surface area (Å²) in [6.45, 7) is 10.9. The second-order valence-corrected chi connectivity index (χ2v) is 17.4. The number of ether oxygens (including phenoxy) is 2. The van der Waals surface area contributed by atoms with E-state index in [4.69, 9.17) is 9.47 Å². The Morgan fingerprint density at radius 3 is 2.76 bits per heavy atom. The van der Waals surface area contributed by atoms with Crippen molar-refractivity contribution in [1.29, 1.82) is 5.26 Å². The number of nitrogens with zero attached hydrogens (tertiary/aromatic N) is 7. The number of amides is 1. The van der Waals surface area contributed by atoms with Crippen molar-refractivity contribution in [2.75, 3.05) is 13.2 Å². The molecule has 0 spiro atoms. The van der Waals surface area contributed by atoms with E-state index >= 15 is 0 Å². The van der Waals surface area contributed by atoms with Crippen molar-refractivity contribution in [2.45, 2.75) is 64.5 Å². The zero-order valence-corrected chi connectivity index (χ0v) is 25.1. The van der Waals surface area contributed by atoms with Crippen LogP contribution >= 0.6 is 0 Å². The Morgan fingerprint density at radius 2 is 2.00 bits per heavy atom. The molecule has 214 valence electrons. The van der Waals surface area contributed by atoms with Crippen LogP contribution in [0.4, 0.5) is 4.79 Å². The average molecular weight is 572 g/mol. The monoisotopic (exact) mass is 571 g/mol. The summed E-state index contributed by atoms with van der Waals surface area (Å²) in [5.41, 5.74) is 3.39. The zero-order chi connectivity index (χ0) is 29.0. The van der Waals surface area contributed by atoms with Gasteiger partial charge in [0.25, 0.3) is 0 Å². The Bertz CT molecular complexity index is 1520. The van der Waals surface area contributed by atoms with Gasteiger partial charge in [-0.05, 0) is 31.0 Å². The fraction of sp³-hybridized carbons (Fsp3) is 0.433. The number of nitriles is 1. The quantitative estimate of drug-likeness (QED) is 0.177. The summed E-state index contributed by atoms with van der Waals surface area (Å²) in [7, 11) is -1.15. The Balaban J connectivity index is 1.26. The summed E-state index contributed by atoms with van der Waals surface area (Å²) in [4.78, 5) is 23.5. The second-order valence-electron chi connectivity index (χ2n) is 11.8. The predicted molar refractivity (Wildman–Crippen MR) is 158 cm³/mol. The number of hydrogen-bond donors (Lipinski definition) is 0. The summed E-state index contributed by atoms with van der Waals surface area (Å²) in [6.07, 6.45) is 7.52. The molecule has 41 heavy (non-hydrogen) atoms. The first-order valence-corrected chi connectivity index (χ1v) is 17.7. The number of aromatic nitrogens is 5. The molecule has 1 fully saturated rings. The number of fused-ring (bicyclic) bond motifs is 1. The van der Waals surface area contributed by atoms with Crippen molar-refractivity contribution >= 4 is 25.2 Å². The molecular formula is C30H37N7O3Si. The number of benzene rings is 1. The van der Waals surface area contributed by atoms with Gasteiger partial charge >= 0.3 is 6.09 Å². The van der Waals surface area contributed by atoms with Crippen molar-refractivity contribution in [1.82, 2.24) is 29.2 Å². The number of carbonyl (C=O) groups excluding carboxylic acids is 1. The van der Waals surface area contributed by atoms with Crippen LogP contribution in [0, 0.1) is 17.2 Å². The largest absolute Gasteiger partial charge is 0.445 e. The lowest BCUT2D eigenvalue weighted by Crippen LogP contribution is -2.39. The van der Waals surface area contributed by atoms with Gasteiger partial charge in [-0.3, -0.25) is 9.58 Å². The third-order valence-corrected chi connectivity index (χ3v) is 9.42. The number of likely N-dealkylation sites (tertiary alicyclic amines) is 1. The SMILES string of the molecule is CC(C1CCN(C(=O)OCc2ccccc2)C1C#N)n1cc(-c2ncnc3c2ccn3COCC[Si](C)(C)C)cn1. The van der Waals surface area contributed by atoms with Gasteiger partial charge in [-0.2, -0.15) is 10.4 Å². The van der Waals surface area contributed by atoms with Gasteiger partial charge in [0.2, 0.25) is 0 Å². The van der Waals surface area contributed by atoms with Crippen LogP contribution < -0.4 is 0 Å². The lowest BCUT2D eigenvalue weighted by atomic mass is 9.94. The van der Waals surface area contributed by atoms with E-state index in [-0.39, 0.29) is 18.6 Å². The molecule has 1 aliphatic rings. The molecule has 4 aromatic rings. The number of rotatable bonds is 10. The Morgan fingerprint density at radius 1 is 1.20 bits per heavy atom. The molecule has 1 aromatic carbocycles. The predicted octanol–water partition coefficient (Wildman–Crippen LogP) is 5.72. The van der Waals surface area contributed by atoms with Crippen LogP contribution in [0.2, 0.25) is 25.7 Å². The van der Waals surface area contributed by atoms with E-state index in [1.54, 1.807) is 12.5 Å². The van der Waals surface area contributed by atoms with E-state index in [1.807, 2.05) is 65.0 Å². The molecule has 10 nitrogen and oxygen atoms in total. The van der Waals surface area contributed by atoms with E-state index in [9.17, 15) is 10.1 Å². The Labute approximate surface area is 241 Å². The summed E-state index contributed by atoms with van der Waals surface area (Å²) in [5.74, 6) is -0.0863. The van der Waals surface area contributed by atoms with Crippen LogP contribution in [-0.2, 0) is 22.8 Å². The van der Waals surface area contributed by atoms with Crippen LogP contribution in [0.25, 0.3) is 22.3 Å². The summed E-state index contributed by atoms with van der Waals surface area (Å²) in [6, 6.07) is 14.3. The molecule has 0 N–H and O–H groups in total. The molecule has 3 unspecified atom stereocenters. The van der Waals surface area contributed by atoms with Crippen LogP contribution in [-0.4, -0.2) is 62.6 Å². The highest BCUT2D eigenvalue weighted by Crippen LogP contribution is 2.35. The van der Waals surface area contributed by atoms with E-state index in [2.05, 4.69) is 40.8 Å². The second kappa shape index (κ2) is 12.2. The van der Waals surface area contributed by atoms with Crippen molar-refractivity contribution in [3.8, 4) is 17.3 Å². The van der Waals surface area contributed by atoms with E-state index < -0.39 is 20.2 Å². The van der Waals surface area contributed by atoms with Crippen molar-refractivity contribution in [3.63, 3.8) is 0 Å². The molecule has 0 aliphatic carbocycles. The lowest BCUT2D eigenvalue weighted by Gasteiger charge is -2.25. The van der Waals surface area contributed by atoms with Crippen LogP contribution in [0.1, 0.15) is 24.9 Å². The molecule has 5 rings (SSSR count). The Kier molecular flexibility index (Phi) is 8.51. The van der Waals surface area contributed by atoms with Crippen LogP contribution in [0.3, 0.4) is 0 Å². The molecular weight excluding hydrogens is 534 g/mol. The molecule has 1 saturated heterocycles. The van der Waals surface area contributed by atoms with Gasteiger partial charge in [-0.15, -0.1) is 0 Å². The van der Waals surface area contributed by atoms with Gasteiger partial charge in [-0.25, -0.2) is 14.8 Å². The van der Waals surface area contributed by atoms with Gasteiger partial charge in [-0.1, -0.05) is 50.0 Å². The first-order chi connectivity index (χ1) is 19.7. The van der Waals surface area contributed by atoms with Gasteiger partial charge < -0.3 is 14.0 Å². The first-order valence-electron chi connectivity index (χ1n) is 14.0. The molecule has 11 heteroatoms. The third kappa shape index (κ3) is 6.50. The fourth-order valence-electron chi connectivity index (χ4n) is 5.25. The highest BCUT2D eigenvalue weighted by atomic mass is 28.3. The third-order valence-electron chi connectivity index (χ3n) is 7.71. The highest BCUT2D eigenvalue weighted by molar-refractivity contribution is 6.76. The highest BCUT2D eigenvalue weighted by Gasteiger charge is 2.41. The lowest BCUT2D eigenvalue weighted by molar-refractivity contribution is 0.0898. The molecule has 0 bridgehead atoms. The minimum absolute atomic E-state index is 0.0863. The normalized spacial score (nSPS) is 18.0. The molecule has 1 amide bonds. The number of hydrogen-bond acceptors (Lipinski definition) is 7. The maximum atomic E-state index is 12.8. The standard InChI is InChI=1S/C30H37N7O3Si/c1-22(25-11-13-36(27(25)16-31)30(38)40-19-23-8-6-5-7-9-23)37-18-24(17-34-37)28-26-10-12-35(29(26)33-20-32-28)21-39-14-15-41(2,3)4/h5-10,12,17-18,20,22,25,27H,11,13-15,19,21H2,1-4H3. The zero-order valence-electron chi connectivity index (χ0n) is 24.1.